The van der Waals surface area contributed by atoms with Crippen molar-refractivity contribution >= 4 is 109 Å². The van der Waals surface area contributed by atoms with Crippen LogP contribution in [0.4, 0.5) is 11.4 Å². The van der Waals surface area contributed by atoms with Gasteiger partial charge in [-0.15, -0.1) is 0 Å². The topological polar surface area (TPSA) is 147 Å². The van der Waals surface area contributed by atoms with Crippen molar-refractivity contribution in [3.8, 4) is 0 Å². The van der Waals surface area contributed by atoms with Gasteiger partial charge in [0.1, 0.15) is 12.7 Å². The average Bonchev–Trinajstić information content (AvgIpc) is 3.17. The standard InChI is InChI=1S/C25H31I3N2O10/c1-11(38-14(4)32)23(34)29-21-18(26)17(10-36-13(3)31)19(27)22(20(21)28)30(24(35)12(2)39-15(5)33)8-16-9-37-25(6,7)40-16/h11-12,16H,8-10H2,1-7H3,(H,29,34). The summed E-state index contributed by atoms with van der Waals surface area (Å²) in [5.74, 6) is -3.77. The first-order chi connectivity index (χ1) is 18.4. The zero-order valence-corrected chi connectivity index (χ0v) is 29.5. The van der Waals surface area contributed by atoms with Gasteiger partial charge in [-0.25, -0.2) is 0 Å². The Morgan fingerprint density at radius 2 is 1.52 bits per heavy atom. The Kier molecular flexibility index (Phi) is 12.8. The molecule has 0 spiro atoms. The predicted octanol–water partition coefficient (Wildman–Crippen LogP) is 3.89. The second-order valence-electron chi connectivity index (χ2n) is 9.32. The molecule has 3 unspecified atom stereocenters. The van der Waals surface area contributed by atoms with Crippen molar-refractivity contribution in [2.75, 3.05) is 23.4 Å². The van der Waals surface area contributed by atoms with Crippen LogP contribution in [0.2, 0.25) is 0 Å². The van der Waals surface area contributed by atoms with Crippen LogP contribution in [0.1, 0.15) is 54.0 Å². The number of nitrogens with zero attached hydrogens (tertiary/aromatic N) is 1. The number of carbonyl (C=O) groups excluding carboxylic acids is 5. The van der Waals surface area contributed by atoms with Crippen molar-refractivity contribution in [1.29, 1.82) is 0 Å². The average molecular weight is 900 g/mol. The molecule has 1 aliphatic rings. The molecule has 0 bridgehead atoms. The first kappa shape index (κ1) is 34.9. The normalized spacial score (nSPS) is 17.4. The van der Waals surface area contributed by atoms with E-state index < -0.39 is 53.8 Å². The summed E-state index contributed by atoms with van der Waals surface area (Å²) < 4.78 is 28.8. The number of hydrogen-bond acceptors (Lipinski definition) is 10. The second kappa shape index (κ2) is 14.7. The number of esters is 3. The fraction of sp³-hybridized carbons (Fsp3) is 0.560. The third-order valence-electron chi connectivity index (χ3n) is 5.44. The molecule has 1 fully saturated rings. The Morgan fingerprint density at radius 3 is 2.02 bits per heavy atom. The van der Waals surface area contributed by atoms with Crippen LogP contribution in [0.5, 0.6) is 0 Å². The Balaban J connectivity index is 2.72. The van der Waals surface area contributed by atoms with Gasteiger partial charge in [0, 0.05) is 33.5 Å². The molecule has 40 heavy (non-hydrogen) atoms. The molecule has 0 radical (unpaired) electrons. The molecule has 1 aliphatic heterocycles. The molecule has 15 heteroatoms. The van der Waals surface area contributed by atoms with Crippen molar-refractivity contribution in [3.63, 3.8) is 0 Å². The number of anilines is 2. The maximum atomic E-state index is 13.8. The van der Waals surface area contributed by atoms with Crippen LogP contribution in [0.25, 0.3) is 0 Å². The Bertz CT molecular complexity index is 1190. The number of amides is 2. The lowest BCUT2D eigenvalue weighted by Crippen LogP contribution is -2.45. The van der Waals surface area contributed by atoms with E-state index in [1.807, 2.05) is 45.2 Å². The number of hydrogen-bond donors (Lipinski definition) is 1. The molecule has 2 rings (SSSR count). The third-order valence-corrected chi connectivity index (χ3v) is 8.85. The summed E-state index contributed by atoms with van der Waals surface area (Å²) in [6.45, 7) is 10.2. The molecular weight excluding hydrogens is 869 g/mol. The van der Waals surface area contributed by atoms with Crippen LogP contribution >= 0.6 is 67.8 Å². The van der Waals surface area contributed by atoms with Crippen LogP contribution in [0.3, 0.4) is 0 Å². The molecule has 1 aromatic carbocycles. The third kappa shape index (κ3) is 9.35. The van der Waals surface area contributed by atoms with Gasteiger partial charge < -0.3 is 33.9 Å². The highest BCUT2D eigenvalue weighted by Crippen LogP contribution is 2.42. The van der Waals surface area contributed by atoms with Crippen LogP contribution in [-0.2, 0) is 54.3 Å². The van der Waals surface area contributed by atoms with E-state index in [4.69, 9.17) is 23.7 Å². The molecule has 0 aliphatic carbocycles. The molecule has 0 saturated carbocycles. The van der Waals surface area contributed by atoms with Gasteiger partial charge in [0.05, 0.1) is 28.1 Å². The largest absolute Gasteiger partial charge is 0.461 e. The quantitative estimate of drug-likeness (QED) is 0.209. The lowest BCUT2D eigenvalue weighted by molar-refractivity contribution is -0.152. The SMILES string of the molecule is CC(=O)OCc1c(I)c(NC(=O)C(C)OC(C)=O)c(I)c(N(CC2COC(C)(C)O2)C(=O)C(C)OC(C)=O)c1I. The lowest BCUT2D eigenvalue weighted by Gasteiger charge is -2.32. The molecule has 0 aromatic heterocycles. The van der Waals surface area contributed by atoms with Gasteiger partial charge in [-0.2, -0.15) is 0 Å². The summed E-state index contributed by atoms with van der Waals surface area (Å²) in [6.07, 6.45) is -2.76. The summed E-state index contributed by atoms with van der Waals surface area (Å²) in [5, 5.41) is 2.79. The van der Waals surface area contributed by atoms with E-state index in [1.165, 1.54) is 39.5 Å². The highest BCUT2D eigenvalue weighted by atomic mass is 127. The highest BCUT2D eigenvalue weighted by molar-refractivity contribution is 14.1. The van der Waals surface area contributed by atoms with Gasteiger partial charge in [0.15, 0.2) is 18.0 Å². The molecule has 1 N–H and O–H groups in total. The van der Waals surface area contributed by atoms with E-state index in [2.05, 4.69) is 27.9 Å². The Hall–Kier alpha value is -1.32. The minimum Gasteiger partial charge on any atom is -0.461 e. The molecule has 3 atom stereocenters. The van der Waals surface area contributed by atoms with Gasteiger partial charge >= 0.3 is 17.9 Å². The van der Waals surface area contributed by atoms with Crippen LogP contribution in [0, 0.1) is 10.7 Å². The van der Waals surface area contributed by atoms with Crippen molar-refractivity contribution in [2.24, 2.45) is 0 Å². The number of ether oxygens (including phenoxy) is 5. The maximum Gasteiger partial charge on any atom is 0.303 e. The van der Waals surface area contributed by atoms with Crippen molar-refractivity contribution in [3.05, 3.63) is 16.3 Å². The minimum atomic E-state index is -1.14. The zero-order chi connectivity index (χ0) is 30.5. The smallest absolute Gasteiger partial charge is 0.303 e. The van der Waals surface area contributed by atoms with E-state index in [0.29, 0.717) is 27.6 Å². The van der Waals surface area contributed by atoms with E-state index >= 15 is 0 Å². The van der Waals surface area contributed by atoms with Crippen LogP contribution in [0.15, 0.2) is 0 Å². The molecule has 2 amide bonds. The predicted molar refractivity (Wildman–Crippen MR) is 168 cm³/mol. The summed E-state index contributed by atoms with van der Waals surface area (Å²) >= 11 is 6.08. The Labute approximate surface area is 273 Å². The second-order valence-corrected chi connectivity index (χ2v) is 12.6. The minimum absolute atomic E-state index is 0.0324. The summed E-state index contributed by atoms with van der Waals surface area (Å²) in [5.41, 5.74) is 1.24. The zero-order valence-electron chi connectivity index (χ0n) is 23.0. The van der Waals surface area contributed by atoms with Crippen LogP contribution < -0.4 is 10.2 Å². The Morgan fingerprint density at radius 1 is 0.950 bits per heavy atom. The number of benzene rings is 1. The first-order valence-corrected chi connectivity index (χ1v) is 15.3. The first-order valence-electron chi connectivity index (χ1n) is 12.1. The van der Waals surface area contributed by atoms with Crippen molar-refractivity contribution < 1.29 is 47.7 Å². The molecule has 1 saturated heterocycles. The molecule has 1 aromatic rings. The fourth-order valence-corrected chi connectivity index (χ4v) is 8.07. The van der Waals surface area contributed by atoms with Gasteiger partial charge in [-0.1, -0.05) is 0 Å². The van der Waals surface area contributed by atoms with Crippen molar-refractivity contribution in [2.45, 2.75) is 79.2 Å². The summed E-state index contributed by atoms with van der Waals surface area (Å²) in [4.78, 5) is 62.9. The highest BCUT2D eigenvalue weighted by Gasteiger charge is 2.38. The monoisotopic (exact) mass is 900 g/mol. The molecule has 12 nitrogen and oxygen atoms in total. The van der Waals surface area contributed by atoms with E-state index in [-0.39, 0.29) is 19.8 Å². The van der Waals surface area contributed by atoms with Gasteiger partial charge in [0.25, 0.3) is 11.8 Å². The maximum absolute atomic E-state index is 13.8. The van der Waals surface area contributed by atoms with E-state index in [9.17, 15) is 24.0 Å². The number of rotatable bonds is 10. The molecule has 222 valence electrons. The van der Waals surface area contributed by atoms with E-state index in [1.54, 1.807) is 13.8 Å². The number of halogens is 3. The number of carbonyl (C=O) groups is 5. The van der Waals surface area contributed by atoms with Gasteiger partial charge in [0.2, 0.25) is 0 Å². The van der Waals surface area contributed by atoms with Crippen molar-refractivity contribution in [1.82, 2.24) is 0 Å². The fourth-order valence-electron chi connectivity index (χ4n) is 3.74. The summed E-state index contributed by atoms with van der Waals surface area (Å²) in [6, 6.07) is 0. The van der Waals surface area contributed by atoms with Gasteiger partial charge in [-0.05, 0) is 95.5 Å². The number of nitrogens with one attached hydrogen (secondary N) is 1. The molecular formula is C25H31I3N2O10. The molecule has 1 heterocycles. The lowest BCUT2D eigenvalue weighted by atomic mass is 10.1. The van der Waals surface area contributed by atoms with Gasteiger partial charge in [-0.3, -0.25) is 24.0 Å². The van der Waals surface area contributed by atoms with Crippen LogP contribution in [-0.4, -0.2) is 67.0 Å². The summed E-state index contributed by atoms with van der Waals surface area (Å²) in [7, 11) is 0. The van der Waals surface area contributed by atoms with E-state index in [0.717, 1.165) is 0 Å².